The van der Waals surface area contributed by atoms with Gasteiger partial charge in [0.15, 0.2) is 11.5 Å². The predicted octanol–water partition coefficient (Wildman–Crippen LogP) is 4.12. The van der Waals surface area contributed by atoms with E-state index in [2.05, 4.69) is 10.0 Å². The molecule has 29 heavy (non-hydrogen) atoms. The van der Waals surface area contributed by atoms with Crippen LogP contribution in [0.15, 0.2) is 71.6 Å². The summed E-state index contributed by atoms with van der Waals surface area (Å²) >= 11 is 5.80. The standard InChI is InChI=1S/C20H15ClN2O5S/c21-14-3-5-15(6-4-14)23-29(25,26)17-8-1-13(2-9-17)20(24)22-16-7-10-18-19(11-16)28-12-27-18/h1-11,23H,12H2,(H,22,24). The fraction of sp³-hybridized carbons (Fsp3) is 0.0500. The summed E-state index contributed by atoms with van der Waals surface area (Å²) in [5.74, 6) is 0.793. The van der Waals surface area contributed by atoms with Crippen LogP contribution in [0.1, 0.15) is 10.4 Å². The molecular weight excluding hydrogens is 416 g/mol. The van der Waals surface area contributed by atoms with Crippen LogP contribution < -0.4 is 19.5 Å². The van der Waals surface area contributed by atoms with Crippen molar-refractivity contribution in [3.8, 4) is 11.5 Å². The van der Waals surface area contributed by atoms with Crippen LogP contribution in [0.4, 0.5) is 11.4 Å². The molecule has 0 atom stereocenters. The number of carbonyl (C=O) groups excluding carboxylic acids is 1. The van der Waals surface area contributed by atoms with E-state index in [1.807, 2.05) is 0 Å². The van der Waals surface area contributed by atoms with Crippen LogP contribution >= 0.6 is 11.6 Å². The van der Waals surface area contributed by atoms with Crippen LogP contribution in [0.3, 0.4) is 0 Å². The molecule has 9 heteroatoms. The normalized spacial score (nSPS) is 12.4. The van der Waals surface area contributed by atoms with Crippen molar-refractivity contribution in [3.63, 3.8) is 0 Å². The summed E-state index contributed by atoms with van der Waals surface area (Å²) in [5, 5.41) is 3.24. The molecule has 0 saturated heterocycles. The monoisotopic (exact) mass is 430 g/mol. The van der Waals surface area contributed by atoms with Crippen LogP contribution in [-0.2, 0) is 10.0 Å². The molecule has 0 fully saturated rings. The third-order valence-electron chi connectivity index (χ3n) is 4.15. The number of sulfonamides is 1. The van der Waals surface area contributed by atoms with Gasteiger partial charge in [0, 0.05) is 28.0 Å². The summed E-state index contributed by atoms with van der Waals surface area (Å²) in [7, 11) is -3.79. The minimum absolute atomic E-state index is 0.0343. The third-order valence-corrected chi connectivity index (χ3v) is 5.80. The summed E-state index contributed by atoms with van der Waals surface area (Å²) in [6.07, 6.45) is 0. The van der Waals surface area contributed by atoms with E-state index in [0.717, 1.165) is 0 Å². The Kier molecular flexibility index (Phi) is 5.04. The molecule has 0 unspecified atom stereocenters. The molecule has 0 bridgehead atoms. The van der Waals surface area contributed by atoms with Crippen molar-refractivity contribution >= 4 is 38.9 Å². The van der Waals surface area contributed by atoms with Gasteiger partial charge in [-0.1, -0.05) is 11.6 Å². The highest BCUT2D eigenvalue weighted by molar-refractivity contribution is 7.92. The van der Waals surface area contributed by atoms with E-state index < -0.39 is 10.0 Å². The summed E-state index contributed by atoms with van der Waals surface area (Å²) in [4.78, 5) is 12.5. The zero-order valence-corrected chi connectivity index (χ0v) is 16.5. The van der Waals surface area contributed by atoms with E-state index in [4.69, 9.17) is 21.1 Å². The first-order chi connectivity index (χ1) is 13.9. The van der Waals surface area contributed by atoms with Crippen LogP contribution in [0.25, 0.3) is 0 Å². The maximum absolute atomic E-state index is 12.5. The Hall–Kier alpha value is -3.23. The van der Waals surface area contributed by atoms with Gasteiger partial charge < -0.3 is 14.8 Å². The molecule has 3 aromatic rings. The lowest BCUT2D eigenvalue weighted by Crippen LogP contribution is -2.14. The zero-order valence-electron chi connectivity index (χ0n) is 14.9. The lowest BCUT2D eigenvalue weighted by Gasteiger charge is -2.09. The summed E-state index contributed by atoms with van der Waals surface area (Å²) in [6, 6.07) is 17.0. The van der Waals surface area contributed by atoms with Crippen molar-refractivity contribution < 1.29 is 22.7 Å². The lowest BCUT2D eigenvalue weighted by molar-refractivity contribution is 0.102. The minimum atomic E-state index is -3.79. The van der Waals surface area contributed by atoms with E-state index in [-0.39, 0.29) is 17.6 Å². The summed E-state index contributed by atoms with van der Waals surface area (Å²) in [6.45, 7) is 0.146. The van der Waals surface area contributed by atoms with E-state index in [1.165, 1.54) is 24.3 Å². The Morgan fingerprint density at radius 2 is 1.52 bits per heavy atom. The van der Waals surface area contributed by atoms with Gasteiger partial charge in [-0.25, -0.2) is 8.42 Å². The van der Waals surface area contributed by atoms with Gasteiger partial charge in [-0.2, -0.15) is 0 Å². The highest BCUT2D eigenvalue weighted by Crippen LogP contribution is 2.34. The minimum Gasteiger partial charge on any atom is -0.454 e. The van der Waals surface area contributed by atoms with Crippen LogP contribution in [0.2, 0.25) is 5.02 Å². The van der Waals surface area contributed by atoms with Gasteiger partial charge in [-0.15, -0.1) is 0 Å². The van der Waals surface area contributed by atoms with Crippen LogP contribution in [-0.4, -0.2) is 21.1 Å². The number of halogens is 1. The first-order valence-electron chi connectivity index (χ1n) is 8.50. The number of fused-ring (bicyclic) bond motifs is 1. The second-order valence-electron chi connectivity index (χ2n) is 6.16. The number of benzene rings is 3. The quantitative estimate of drug-likeness (QED) is 0.635. The molecule has 148 valence electrons. The molecule has 1 aliphatic heterocycles. The average molecular weight is 431 g/mol. The molecule has 1 amide bonds. The third kappa shape index (κ3) is 4.28. The van der Waals surface area contributed by atoms with E-state index in [0.29, 0.717) is 33.5 Å². The number of anilines is 2. The lowest BCUT2D eigenvalue weighted by atomic mass is 10.2. The van der Waals surface area contributed by atoms with Crippen LogP contribution in [0, 0.1) is 0 Å². The Balaban J connectivity index is 1.46. The molecule has 2 N–H and O–H groups in total. The molecule has 0 aliphatic carbocycles. The van der Waals surface area contributed by atoms with Crippen molar-refractivity contribution in [2.45, 2.75) is 4.90 Å². The molecule has 0 saturated carbocycles. The van der Waals surface area contributed by atoms with Gasteiger partial charge in [0.2, 0.25) is 6.79 Å². The molecule has 0 spiro atoms. The van der Waals surface area contributed by atoms with E-state index in [1.54, 1.807) is 42.5 Å². The first-order valence-corrected chi connectivity index (χ1v) is 10.4. The van der Waals surface area contributed by atoms with Crippen molar-refractivity contribution in [2.24, 2.45) is 0 Å². The maximum Gasteiger partial charge on any atom is 0.261 e. The smallest absolute Gasteiger partial charge is 0.261 e. The fourth-order valence-electron chi connectivity index (χ4n) is 2.70. The number of ether oxygens (including phenoxy) is 2. The number of nitrogens with one attached hydrogen (secondary N) is 2. The Morgan fingerprint density at radius 3 is 2.24 bits per heavy atom. The topological polar surface area (TPSA) is 93.7 Å². The molecule has 0 aromatic heterocycles. The average Bonchev–Trinajstić information content (AvgIpc) is 3.17. The number of carbonyl (C=O) groups is 1. The second kappa shape index (κ2) is 7.65. The number of rotatable bonds is 5. The Morgan fingerprint density at radius 1 is 0.862 bits per heavy atom. The molecule has 7 nitrogen and oxygen atoms in total. The summed E-state index contributed by atoms with van der Waals surface area (Å²) in [5.41, 5.74) is 1.24. The SMILES string of the molecule is O=C(Nc1ccc2c(c1)OCO2)c1ccc(S(=O)(=O)Nc2ccc(Cl)cc2)cc1. The van der Waals surface area contributed by atoms with Gasteiger partial charge in [-0.3, -0.25) is 9.52 Å². The number of amides is 1. The second-order valence-corrected chi connectivity index (χ2v) is 8.28. The Labute approximate surface area is 172 Å². The molecule has 3 aromatic carbocycles. The van der Waals surface area contributed by atoms with Crippen molar-refractivity contribution in [1.82, 2.24) is 0 Å². The highest BCUT2D eigenvalue weighted by Gasteiger charge is 2.17. The number of hydrogen-bond donors (Lipinski definition) is 2. The van der Waals surface area contributed by atoms with Gasteiger partial charge in [-0.05, 0) is 60.7 Å². The van der Waals surface area contributed by atoms with E-state index in [9.17, 15) is 13.2 Å². The molecule has 0 radical (unpaired) electrons. The van der Waals surface area contributed by atoms with Gasteiger partial charge in [0.1, 0.15) is 0 Å². The van der Waals surface area contributed by atoms with Crippen molar-refractivity contribution in [3.05, 3.63) is 77.3 Å². The Bertz CT molecular complexity index is 1160. The number of hydrogen-bond acceptors (Lipinski definition) is 5. The summed E-state index contributed by atoms with van der Waals surface area (Å²) < 4.78 is 38.0. The molecule has 4 rings (SSSR count). The van der Waals surface area contributed by atoms with Gasteiger partial charge in [0.25, 0.3) is 15.9 Å². The van der Waals surface area contributed by atoms with Crippen LogP contribution in [0.5, 0.6) is 11.5 Å². The molecule has 1 heterocycles. The fourth-order valence-corrected chi connectivity index (χ4v) is 3.88. The maximum atomic E-state index is 12.5. The molecular formula is C20H15ClN2O5S. The zero-order chi connectivity index (χ0) is 20.4. The van der Waals surface area contributed by atoms with E-state index >= 15 is 0 Å². The van der Waals surface area contributed by atoms with Crippen molar-refractivity contribution in [2.75, 3.05) is 16.8 Å². The predicted molar refractivity (Wildman–Crippen MR) is 109 cm³/mol. The largest absolute Gasteiger partial charge is 0.454 e. The van der Waals surface area contributed by atoms with Gasteiger partial charge >= 0.3 is 0 Å². The van der Waals surface area contributed by atoms with Gasteiger partial charge in [0.05, 0.1) is 4.90 Å². The molecule has 1 aliphatic rings. The van der Waals surface area contributed by atoms with Crippen molar-refractivity contribution in [1.29, 1.82) is 0 Å². The highest BCUT2D eigenvalue weighted by atomic mass is 35.5. The first kappa shape index (κ1) is 19.1.